The topological polar surface area (TPSA) is 62.7 Å². The first-order chi connectivity index (χ1) is 12.4. The highest BCUT2D eigenvalue weighted by atomic mass is 32.2. The van der Waals surface area contributed by atoms with Gasteiger partial charge in [-0.15, -0.1) is 0 Å². The summed E-state index contributed by atoms with van der Waals surface area (Å²) >= 11 is 0. The van der Waals surface area contributed by atoms with Crippen molar-refractivity contribution in [1.29, 1.82) is 0 Å². The summed E-state index contributed by atoms with van der Waals surface area (Å²) in [5.41, 5.74) is 3.10. The maximum absolute atomic E-state index is 13.1. The summed E-state index contributed by atoms with van der Waals surface area (Å²) in [7, 11) is -2.06. The second-order valence-corrected chi connectivity index (χ2v) is 8.54. The fourth-order valence-corrected chi connectivity index (χ4v) is 4.79. The van der Waals surface area contributed by atoms with Crippen molar-refractivity contribution < 1.29 is 13.2 Å². The van der Waals surface area contributed by atoms with E-state index in [2.05, 4.69) is 9.88 Å². The zero-order valence-corrected chi connectivity index (χ0v) is 16.3. The molecule has 0 radical (unpaired) electrons. The second kappa shape index (κ2) is 7.73. The van der Waals surface area contributed by atoms with Gasteiger partial charge in [-0.05, 0) is 48.7 Å². The zero-order chi connectivity index (χ0) is 18.7. The number of hydrogen-bond acceptors (Lipinski definition) is 5. The molecule has 1 aliphatic rings. The lowest BCUT2D eigenvalue weighted by Gasteiger charge is -2.34. The monoisotopic (exact) mass is 375 g/mol. The number of aryl methyl sites for hydroxylation is 2. The first kappa shape index (κ1) is 18.8. The highest BCUT2D eigenvalue weighted by Gasteiger charge is 2.31. The average Bonchev–Trinajstić information content (AvgIpc) is 2.65. The van der Waals surface area contributed by atoms with Gasteiger partial charge in [-0.3, -0.25) is 9.88 Å². The Hall–Kier alpha value is -1.96. The molecule has 140 valence electrons. The molecule has 7 heteroatoms. The molecule has 0 unspecified atom stereocenters. The SMILES string of the molecule is COc1cc(C)c(C)cc1S(=O)(=O)N1CCN(Cc2cccnc2)CC1. The molecule has 6 nitrogen and oxygen atoms in total. The van der Waals surface area contributed by atoms with Crippen LogP contribution in [0.4, 0.5) is 0 Å². The molecule has 1 aliphatic heterocycles. The molecule has 0 amide bonds. The number of sulfonamides is 1. The van der Waals surface area contributed by atoms with Crippen LogP contribution in [0.5, 0.6) is 5.75 Å². The summed E-state index contributed by atoms with van der Waals surface area (Å²) in [6, 6.07) is 7.46. The molecule has 0 atom stereocenters. The number of nitrogens with zero attached hydrogens (tertiary/aromatic N) is 3. The number of methoxy groups -OCH3 is 1. The number of piperazine rings is 1. The quantitative estimate of drug-likeness (QED) is 0.802. The van der Waals surface area contributed by atoms with Crippen molar-refractivity contribution in [2.24, 2.45) is 0 Å². The Morgan fingerprint density at radius 3 is 2.42 bits per heavy atom. The van der Waals surface area contributed by atoms with Crippen LogP contribution in [0, 0.1) is 13.8 Å². The summed E-state index contributed by atoms with van der Waals surface area (Å²) in [5.74, 6) is 0.408. The van der Waals surface area contributed by atoms with Gasteiger partial charge in [0.25, 0.3) is 0 Å². The van der Waals surface area contributed by atoms with E-state index in [9.17, 15) is 8.42 Å². The first-order valence-corrected chi connectivity index (χ1v) is 10.1. The standard InChI is InChI=1S/C19H25N3O3S/c1-15-11-18(25-3)19(12-16(15)2)26(23,24)22-9-7-21(8-10-22)14-17-5-4-6-20-13-17/h4-6,11-13H,7-10,14H2,1-3H3. The Balaban J connectivity index is 1.73. The fraction of sp³-hybridized carbons (Fsp3) is 0.421. The molecule has 1 fully saturated rings. The van der Waals surface area contributed by atoms with Crippen LogP contribution in [-0.4, -0.2) is 55.9 Å². The number of pyridine rings is 1. The lowest BCUT2D eigenvalue weighted by atomic mass is 10.1. The van der Waals surface area contributed by atoms with E-state index >= 15 is 0 Å². The van der Waals surface area contributed by atoms with Crippen molar-refractivity contribution in [2.45, 2.75) is 25.3 Å². The van der Waals surface area contributed by atoms with Gasteiger partial charge in [0.1, 0.15) is 10.6 Å². The Labute approximate surface area is 155 Å². The summed E-state index contributed by atoms with van der Waals surface area (Å²) in [6.45, 7) is 6.99. The Morgan fingerprint density at radius 2 is 1.81 bits per heavy atom. The zero-order valence-electron chi connectivity index (χ0n) is 15.5. The minimum Gasteiger partial charge on any atom is -0.495 e. The van der Waals surface area contributed by atoms with Crippen LogP contribution in [-0.2, 0) is 16.6 Å². The number of aromatic nitrogens is 1. The molecule has 1 saturated heterocycles. The second-order valence-electron chi connectivity index (χ2n) is 6.63. The van der Waals surface area contributed by atoms with Crippen LogP contribution >= 0.6 is 0 Å². The first-order valence-electron chi connectivity index (χ1n) is 8.68. The molecule has 2 heterocycles. The molecule has 2 aromatic rings. The molecule has 0 aliphatic carbocycles. The van der Waals surface area contributed by atoms with E-state index in [1.54, 1.807) is 22.6 Å². The molecule has 1 aromatic carbocycles. The van der Waals surface area contributed by atoms with Crippen LogP contribution in [0.2, 0.25) is 0 Å². The smallest absolute Gasteiger partial charge is 0.246 e. The Morgan fingerprint density at radius 1 is 1.12 bits per heavy atom. The van der Waals surface area contributed by atoms with Gasteiger partial charge in [0.05, 0.1) is 7.11 Å². The average molecular weight is 375 g/mol. The lowest BCUT2D eigenvalue weighted by molar-refractivity contribution is 0.181. The predicted molar refractivity (Wildman–Crippen MR) is 101 cm³/mol. The van der Waals surface area contributed by atoms with Crippen LogP contribution in [0.15, 0.2) is 41.6 Å². The summed E-state index contributed by atoms with van der Waals surface area (Å²) in [6.07, 6.45) is 3.61. The van der Waals surface area contributed by atoms with Crippen molar-refractivity contribution >= 4 is 10.0 Å². The maximum Gasteiger partial charge on any atom is 0.246 e. The Bertz CT molecular complexity index is 861. The van der Waals surface area contributed by atoms with Gasteiger partial charge in [0.15, 0.2) is 0 Å². The minimum atomic E-state index is -3.57. The minimum absolute atomic E-state index is 0.254. The number of ether oxygens (including phenoxy) is 1. The summed E-state index contributed by atoms with van der Waals surface area (Å²) < 4.78 is 33.1. The molecule has 26 heavy (non-hydrogen) atoms. The number of hydrogen-bond donors (Lipinski definition) is 0. The van der Waals surface area contributed by atoms with E-state index in [0.29, 0.717) is 31.9 Å². The molecule has 3 rings (SSSR count). The summed E-state index contributed by atoms with van der Waals surface area (Å²) in [5, 5.41) is 0. The van der Waals surface area contributed by atoms with Gasteiger partial charge in [0, 0.05) is 45.1 Å². The van der Waals surface area contributed by atoms with Gasteiger partial charge in [0.2, 0.25) is 10.0 Å². The largest absolute Gasteiger partial charge is 0.495 e. The van der Waals surface area contributed by atoms with Crippen LogP contribution in [0.25, 0.3) is 0 Å². The van der Waals surface area contributed by atoms with Gasteiger partial charge >= 0.3 is 0 Å². The van der Waals surface area contributed by atoms with E-state index in [1.807, 2.05) is 32.2 Å². The molecule has 0 bridgehead atoms. The van der Waals surface area contributed by atoms with Gasteiger partial charge in [-0.2, -0.15) is 4.31 Å². The molecule has 0 N–H and O–H groups in total. The van der Waals surface area contributed by atoms with Gasteiger partial charge in [-0.25, -0.2) is 8.42 Å². The van der Waals surface area contributed by atoms with E-state index in [1.165, 1.54) is 7.11 Å². The van der Waals surface area contributed by atoms with E-state index in [4.69, 9.17) is 4.74 Å². The highest BCUT2D eigenvalue weighted by molar-refractivity contribution is 7.89. The fourth-order valence-electron chi connectivity index (χ4n) is 3.14. The van der Waals surface area contributed by atoms with E-state index in [-0.39, 0.29) is 4.90 Å². The lowest BCUT2D eigenvalue weighted by Crippen LogP contribution is -2.48. The molecular weight excluding hydrogens is 350 g/mol. The van der Waals surface area contributed by atoms with Crippen LogP contribution < -0.4 is 4.74 Å². The molecular formula is C19H25N3O3S. The van der Waals surface area contributed by atoms with Crippen molar-refractivity contribution in [2.75, 3.05) is 33.3 Å². The van der Waals surface area contributed by atoms with Crippen LogP contribution in [0.3, 0.4) is 0 Å². The van der Waals surface area contributed by atoms with Crippen molar-refractivity contribution in [3.05, 3.63) is 53.3 Å². The predicted octanol–water partition coefficient (Wildman–Crippen LogP) is 2.21. The van der Waals surface area contributed by atoms with Crippen molar-refractivity contribution in [3.8, 4) is 5.75 Å². The van der Waals surface area contributed by atoms with Crippen molar-refractivity contribution in [3.63, 3.8) is 0 Å². The molecule has 0 saturated carbocycles. The van der Waals surface area contributed by atoms with Crippen molar-refractivity contribution in [1.82, 2.24) is 14.2 Å². The third-order valence-corrected chi connectivity index (χ3v) is 6.78. The normalized spacial score (nSPS) is 16.6. The number of benzene rings is 1. The maximum atomic E-state index is 13.1. The van der Waals surface area contributed by atoms with E-state index < -0.39 is 10.0 Å². The van der Waals surface area contributed by atoms with Crippen LogP contribution in [0.1, 0.15) is 16.7 Å². The number of rotatable bonds is 5. The molecule has 0 spiro atoms. The van der Waals surface area contributed by atoms with E-state index in [0.717, 1.165) is 23.2 Å². The van der Waals surface area contributed by atoms with Gasteiger partial charge < -0.3 is 4.74 Å². The molecule has 1 aromatic heterocycles. The third-order valence-electron chi connectivity index (χ3n) is 4.86. The third kappa shape index (κ3) is 3.90. The highest BCUT2D eigenvalue weighted by Crippen LogP contribution is 2.30. The van der Waals surface area contributed by atoms with Gasteiger partial charge in [-0.1, -0.05) is 6.07 Å². The Kier molecular flexibility index (Phi) is 5.60. The summed E-state index contributed by atoms with van der Waals surface area (Å²) in [4.78, 5) is 6.64.